The quantitative estimate of drug-likeness (QED) is 0.370. The molecule has 0 N–H and O–H groups in total. The highest BCUT2D eigenvalue weighted by atomic mass is 35.6. The Balaban J connectivity index is 3.35. The molecule has 0 heterocycles. The van der Waals surface area contributed by atoms with Gasteiger partial charge in [-0.3, -0.25) is 0 Å². The third-order valence-corrected chi connectivity index (χ3v) is 8.45. The van der Waals surface area contributed by atoms with Crippen LogP contribution in [0.3, 0.4) is 0 Å². The van der Waals surface area contributed by atoms with Crippen LogP contribution in [0.4, 0.5) is 0 Å². The van der Waals surface area contributed by atoms with Crippen LogP contribution in [0.1, 0.15) is 24.5 Å². The van der Waals surface area contributed by atoms with Gasteiger partial charge in [0.1, 0.15) is 0 Å². The monoisotopic (exact) mass is 482 g/mol. The van der Waals surface area contributed by atoms with Gasteiger partial charge in [-0.05, 0) is 17.5 Å². The molecule has 0 unspecified atom stereocenters. The van der Waals surface area contributed by atoms with Gasteiger partial charge in [-0.2, -0.15) is 0 Å². The molecule has 0 aliphatic heterocycles. The van der Waals surface area contributed by atoms with Crippen molar-refractivity contribution >= 4 is 104 Å². The van der Waals surface area contributed by atoms with Crippen LogP contribution in [-0.4, -0.2) is 12.5 Å². The lowest BCUT2D eigenvalue weighted by Crippen LogP contribution is -2.54. The highest BCUT2D eigenvalue weighted by Gasteiger charge is 2.68. The van der Waals surface area contributed by atoms with Gasteiger partial charge in [-0.25, -0.2) is 0 Å². The first-order chi connectivity index (χ1) is 9.79. The van der Waals surface area contributed by atoms with Crippen LogP contribution in [0, 0.1) is 0 Å². The number of halogens is 9. The second kappa shape index (κ2) is 7.60. The third-order valence-electron chi connectivity index (χ3n) is 2.97. The molecular formula is C13H11Cl9. The summed E-state index contributed by atoms with van der Waals surface area (Å²) in [5, 5.41) is 0. The average Bonchev–Trinajstić information content (AvgIpc) is 2.37. The molecule has 0 fully saturated rings. The Labute approximate surface area is 175 Å². The maximum Gasteiger partial charge on any atom is 0.226 e. The first-order valence-corrected chi connectivity index (χ1v) is 9.48. The van der Waals surface area contributed by atoms with E-state index in [4.69, 9.17) is 104 Å². The lowest BCUT2D eigenvalue weighted by molar-refractivity contribution is 0.600. The molecule has 0 nitrogen and oxygen atoms in total. The van der Waals surface area contributed by atoms with E-state index in [-0.39, 0.29) is 0 Å². The molecule has 0 aromatic heterocycles. The largest absolute Gasteiger partial charge is 0.226 e. The summed E-state index contributed by atoms with van der Waals surface area (Å²) in [7, 11) is 0. The molecule has 126 valence electrons. The Morgan fingerprint density at radius 1 is 0.818 bits per heavy atom. The Hall–Kier alpha value is 1.83. The van der Waals surface area contributed by atoms with Gasteiger partial charge in [0.15, 0.2) is 8.67 Å². The van der Waals surface area contributed by atoms with Crippen LogP contribution < -0.4 is 0 Å². The van der Waals surface area contributed by atoms with Crippen molar-refractivity contribution in [2.24, 2.45) is 0 Å². The highest BCUT2D eigenvalue weighted by molar-refractivity contribution is 6.80. The summed E-state index contributed by atoms with van der Waals surface area (Å²) in [5.74, 6) is 0. The van der Waals surface area contributed by atoms with Gasteiger partial charge in [0.25, 0.3) is 0 Å². The van der Waals surface area contributed by atoms with Crippen molar-refractivity contribution in [3.8, 4) is 0 Å². The zero-order valence-electron chi connectivity index (χ0n) is 11.1. The smallest absolute Gasteiger partial charge is 0.0943 e. The summed E-state index contributed by atoms with van der Waals surface area (Å²) in [6.07, 6.45) is 1.77. The molecule has 0 bridgehead atoms. The van der Waals surface area contributed by atoms with Gasteiger partial charge in [-0.1, -0.05) is 142 Å². The van der Waals surface area contributed by atoms with Crippen molar-refractivity contribution < 1.29 is 0 Å². The third kappa shape index (κ3) is 4.14. The van der Waals surface area contributed by atoms with E-state index in [1.54, 1.807) is 18.2 Å². The average molecular weight is 486 g/mol. The van der Waals surface area contributed by atoms with E-state index < -0.39 is 16.8 Å². The number of rotatable bonds is 5. The molecule has 0 radical (unpaired) electrons. The Morgan fingerprint density at radius 3 is 1.82 bits per heavy atom. The second-order valence-corrected chi connectivity index (χ2v) is 10.9. The van der Waals surface area contributed by atoms with Crippen LogP contribution in [0.2, 0.25) is 0 Å². The number of aryl methyl sites for hydroxylation is 1. The number of alkyl halides is 9. The Bertz CT molecular complexity index is 516. The zero-order valence-corrected chi connectivity index (χ0v) is 17.9. The zero-order chi connectivity index (χ0) is 17.4. The predicted octanol–water partition coefficient (Wildman–Crippen LogP) is 7.99. The van der Waals surface area contributed by atoms with Crippen LogP contribution in [0.25, 0.3) is 0 Å². The maximum atomic E-state index is 6.37. The van der Waals surface area contributed by atoms with E-state index >= 15 is 0 Å². The topological polar surface area (TPSA) is 0 Å². The summed E-state index contributed by atoms with van der Waals surface area (Å²) >= 11 is 54.7. The molecule has 0 atom stereocenters. The van der Waals surface area contributed by atoms with Gasteiger partial charge >= 0.3 is 0 Å². The van der Waals surface area contributed by atoms with Crippen LogP contribution in [0.5, 0.6) is 0 Å². The summed E-state index contributed by atoms with van der Waals surface area (Å²) in [5.41, 5.74) is 1.39. The molecule has 1 rings (SSSR count). The van der Waals surface area contributed by atoms with Crippen LogP contribution in [-0.2, 0) is 10.8 Å². The molecule has 0 aliphatic carbocycles. The Kier molecular flexibility index (Phi) is 7.56. The lowest BCUT2D eigenvalue weighted by atomic mass is 10.0. The molecule has 0 amide bonds. The molecule has 22 heavy (non-hydrogen) atoms. The number of benzene rings is 1. The van der Waals surface area contributed by atoms with Crippen LogP contribution >= 0.6 is 104 Å². The van der Waals surface area contributed by atoms with Crippen molar-refractivity contribution in [2.75, 3.05) is 0 Å². The maximum absolute atomic E-state index is 6.37. The van der Waals surface area contributed by atoms with Crippen molar-refractivity contribution in [1.29, 1.82) is 0 Å². The minimum absolute atomic E-state index is 0.395. The van der Waals surface area contributed by atoms with Crippen molar-refractivity contribution in [1.82, 2.24) is 0 Å². The Morgan fingerprint density at radius 2 is 1.36 bits per heavy atom. The van der Waals surface area contributed by atoms with Crippen LogP contribution in [0.15, 0.2) is 24.3 Å². The van der Waals surface area contributed by atoms with E-state index in [1.807, 2.05) is 13.0 Å². The van der Waals surface area contributed by atoms with E-state index in [0.717, 1.165) is 18.4 Å². The summed E-state index contributed by atoms with van der Waals surface area (Å²) < 4.78 is -8.65. The molecule has 1 aromatic rings. The minimum atomic E-state index is -2.28. The fourth-order valence-corrected chi connectivity index (χ4v) is 3.98. The summed E-state index contributed by atoms with van der Waals surface area (Å²) in [6.45, 7) is 2.04. The fraction of sp³-hybridized carbons (Fsp3) is 0.538. The van der Waals surface area contributed by atoms with Gasteiger partial charge in [-0.15, -0.1) is 0 Å². The lowest BCUT2D eigenvalue weighted by Gasteiger charge is -2.44. The van der Waals surface area contributed by atoms with E-state index in [0.29, 0.717) is 5.56 Å². The summed E-state index contributed by atoms with van der Waals surface area (Å²) in [4.78, 5) is 0. The predicted molar refractivity (Wildman–Crippen MR) is 103 cm³/mol. The van der Waals surface area contributed by atoms with Gasteiger partial charge in [0, 0.05) is 0 Å². The second-order valence-electron chi connectivity index (χ2n) is 4.67. The standard InChI is InChI=1S/C13H11Cl9/c1-2-4-8-5-3-6-9(7-8)10(14,15)11(16,17)12(18,19)13(20,21)22/h3,5-7H,2,4H2,1H3. The van der Waals surface area contributed by atoms with Gasteiger partial charge in [0.05, 0.1) is 0 Å². The molecular weight excluding hydrogens is 475 g/mol. The molecule has 9 heteroatoms. The molecule has 0 saturated heterocycles. The van der Waals surface area contributed by atoms with E-state index in [1.165, 1.54) is 0 Å². The highest BCUT2D eigenvalue weighted by Crippen LogP contribution is 2.65. The first-order valence-electron chi connectivity index (χ1n) is 6.08. The number of hydrogen-bond acceptors (Lipinski definition) is 0. The van der Waals surface area contributed by atoms with E-state index in [9.17, 15) is 0 Å². The van der Waals surface area contributed by atoms with E-state index in [2.05, 4.69) is 0 Å². The molecule has 0 spiro atoms. The SMILES string of the molecule is CCCc1cccc(C(Cl)(Cl)C(Cl)(Cl)C(Cl)(Cl)C(Cl)(Cl)Cl)c1. The molecule has 1 aromatic carbocycles. The van der Waals surface area contributed by atoms with Crippen molar-refractivity contribution in [3.63, 3.8) is 0 Å². The number of hydrogen-bond donors (Lipinski definition) is 0. The van der Waals surface area contributed by atoms with Crippen molar-refractivity contribution in [2.45, 2.75) is 36.6 Å². The summed E-state index contributed by atoms with van der Waals surface area (Å²) in [6, 6.07) is 7.08. The minimum Gasteiger partial charge on any atom is -0.0943 e. The molecule has 0 saturated carbocycles. The molecule has 0 aliphatic rings. The van der Waals surface area contributed by atoms with Gasteiger partial charge < -0.3 is 0 Å². The first kappa shape index (κ1) is 21.9. The van der Waals surface area contributed by atoms with Gasteiger partial charge in [0.2, 0.25) is 8.13 Å². The normalized spacial score (nSPS) is 14.3. The van der Waals surface area contributed by atoms with Crippen molar-refractivity contribution in [3.05, 3.63) is 35.4 Å². The fourth-order valence-electron chi connectivity index (χ4n) is 1.77.